The van der Waals surface area contributed by atoms with Crippen LogP contribution in [0.4, 0.5) is 11.8 Å². The third-order valence-corrected chi connectivity index (χ3v) is 4.97. The molecule has 0 aromatic carbocycles. The third kappa shape index (κ3) is 3.27. The zero-order valence-corrected chi connectivity index (χ0v) is 13.2. The minimum atomic E-state index is -0.608. The first-order valence-corrected chi connectivity index (χ1v) is 8.47. The molecule has 21 heavy (non-hydrogen) atoms. The van der Waals surface area contributed by atoms with E-state index in [1.165, 1.54) is 12.8 Å². The van der Waals surface area contributed by atoms with Crippen LogP contribution in [0.3, 0.4) is 0 Å². The lowest BCUT2D eigenvalue weighted by Gasteiger charge is -2.27. The average molecular weight is 306 g/mol. The molecule has 6 heteroatoms. The number of nitrogens with one attached hydrogen (secondary N) is 2. The number of rotatable bonds is 4. The summed E-state index contributed by atoms with van der Waals surface area (Å²) in [6.45, 7) is 0.554. The number of anilines is 2. The van der Waals surface area contributed by atoms with Crippen molar-refractivity contribution in [1.29, 1.82) is 0 Å². The summed E-state index contributed by atoms with van der Waals surface area (Å²) in [5.74, 6) is 1.42. The standard InChI is InChI=1S/C15H22N4OS/c1-16-14-18-12(11-6-9-21-13(11)19-14)17-10-15(20)7-4-2-3-5-8-15/h6,9,20H,2-5,7-8,10H2,1H3,(H2,16,17,18,19). The Morgan fingerprint density at radius 3 is 2.71 bits per heavy atom. The first-order chi connectivity index (χ1) is 10.2. The summed E-state index contributed by atoms with van der Waals surface area (Å²) in [5.41, 5.74) is -0.608. The van der Waals surface area contributed by atoms with Gasteiger partial charge in [0.2, 0.25) is 5.95 Å². The highest BCUT2D eigenvalue weighted by atomic mass is 32.1. The first kappa shape index (κ1) is 14.5. The van der Waals surface area contributed by atoms with E-state index in [4.69, 9.17) is 0 Å². The lowest BCUT2D eigenvalue weighted by molar-refractivity contribution is 0.0381. The fraction of sp³-hybridized carbons (Fsp3) is 0.600. The van der Waals surface area contributed by atoms with Crippen LogP contribution in [0, 0.1) is 0 Å². The number of aliphatic hydroxyl groups is 1. The highest BCUT2D eigenvalue weighted by Crippen LogP contribution is 2.30. The van der Waals surface area contributed by atoms with Crippen LogP contribution >= 0.6 is 11.3 Å². The van der Waals surface area contributed by atoms with Crippen molar-refractivity contribution in [1.82, 2.24) is 9.97 Å². The maximum absolute atomic E-state index is 10.7. The van der Waals surface area contributed by atoms with Gasteiger partial charge >= 0.3 is 0 Å². The van der Waals surface area contributed by atoms with Gasteiger partial charge in [-0.2, -0.15) is 4.98 Å². The summed E-state index contributed by atoms with van der Waals surface area (Å²) >= 11 is 1.60. The van der Waals surface area contributed by atoms with Crippen LogP contribution in [0.25, 0.3) is 10.2 Å². The van der Waals surface area contributed by atoms with Crippen molar-refractivity contribution in [2.45, 2.75) is 44.1 Å². The van der Waals surface area contributed by atoms with Crippen molar-refractivity contribution >= 4 is 33.3 Å². The highest BCUT2D eigenvalue weighted by molar-refractivity contribution is 7.16. The predicted octanol–water partition coefficient (Wildman–Crippen LogP) is 3.23. The van der Waals surface area contributed by atoms with E-state index in [1.54, 1.807) is 11.3 Å². The average Bonchev–Trinajstić information content (AvgIpc) is 2.86. The minimum Gasteiger partial charge on any atom is -0.388 e. The molecule has 0 radical (unpaired) electrons. The lowest BCUT2D eigenvalue weighted by atomic mass is 9.94. The van der Waals surface area contributed by atoms with Gasteiger partial charge in [0.25, 0.3) is 0 Å². The molecule has 1 aliphatic carbocycles. The van der Waals surface area contributed by atoms with Gasteiger partial charge in [-0.25, -0.2) is 4.98 Å². The van der Waals surface area contributed by atoms with Crippen LogP contribution in [0.1, 0.15) is 38.5 Å². The molecule has 0 saturated heterocycles. The van der Waals surface area contributed by atoms with Crippen molar-refractivity contribution in [3.8, 4) is 0 Å². The third-order valence-electron chi connectivity index (χ3n) is 4.17. The van der Waals surface area contributed by atoms with E-state index in [0.29, 0.717) is 12.5 Å². The molecule has 0 aliphatic heterocycles. The van der Waals surface area contributed by atoms with Crippen molar-refractivity contribution in [3.63, 3.8) is 0 Å². The van der Waals surface area contributed by atoms with E-state index in [0.717, 1.165) is 41.7 Å². The Bertz CT molecular complexity index is 605. The molecule has 0 amide bonds. The van der Waals surface area contributed by atoms with E-state index in [-0.39, 0.29) is 0 Å². The molecule has 1 fully saturated rings. The number of thiophene rings is 1. The molecule has 3 rings (SSSR count). The van der Waals surface area contributed by atoms with Gasteiger partial charge in [0.05, 0.1) is 11.0 Å². The van der Waals surface area contributed by atoms with Crippen molar-refractivity contribution in [2.24, 2.45) is 0 Å². The maximum Gasteiger partial charge on any atom is 0.225 e. The molecule has 5 nitrogen and oxygen atoms in total. The topological polar surface area (TPSA) is 70.1 Å². The van der Waals surface area contributed by atoms with E-state index in [9.17, 15) is 5.11 Å². The summed E-state index contributed by atoms with van der Waals surface area (Å²) in [6.07, 6.45) is 6.42. The molecule has 3 N–H and O–H groups in total. The van der Waals surface area contributed by atoms with E-state index < -0.39 is 5.60 Å². The van der Waals surface area contributed by atoms with Crippen LogP contribution < -0.4 is 10.6 Å². The molecular formula is C15H22N4OS. The first-order valence-electron chi connectivity index (χ1n) is 7.59. The predicted molar refractivity (Wildman–Crippen MR) is 88.1 cm³/mol. The van der Waals surface area contributed by atoms with Gasteiger partial charge in [-0.15, -0.1) is 11.3 Å². The Balaban J connectivity index is 1.79. The zero-order valence-electron chi connectivity index (χ0n) is 12.4. The van der Waals surface area contributed by atoms with Gasteiger partial charge in [-0.05, 0) is 24.3 Å². The molecule has 0 atom stereocenters. The minimum absolute atomic E-state index is 0.554. The molecular weight excluding hydrogens is 284 g/mol. The molecule has 114 valence electrons. The zero-order chi connectivity index (χ0) is 14.7. The monoisotopic (exact) mass is 306 g/mol. The fourth-order valence-electron chi connectivity index (χ4n) is 2.91. The number of hydrogen-bond acceptors (Lipinski definition) is 6. The second kappa shape index (κ2) is 6.15. The molecule has 2 heterocycles. The van der Waals surface area contributed by atoms with Crippen LogP contribution in [0.15, 0.2) is 11.4 Å². The van der Waals surface area contributed by atoms with Crippen LogP contribution in [-0.2, 0) is 0 Å². The van der Waals surface area contributed by atoms with Crippen molar-refractivity contribution < 1.29 is 5.11 Å². The maximum atomic E-state index is 10.7. The van der Waals surface area contributed by atoms with E-state index >= 15 is 0 Å². The fourth-order valence-corrected chi connectivity index (χ4v) is 3.68. The van der Waals surface area contributed by atoms with Gasteiger partial charge in [0.15, 0.2) is 0 Å². The summed E-state index contributed by atoms with van der Waals surface area (Å²) in [4.78, 5) is 9.89. The van der Waals surface area contributed by atoms with Gasteiger partial charge in [-0.1, -0.05) is 25.7 Å². The Labute approximate surface area is 128 Å². The molecule has 0 spiro atoms. The SMILES string of the molecule is CNc1nc(NCC2(O)CCCCCC2)c2ccsc2n1. The normalized spacial score (nSPS) is 18.4. The summed E-state index contributed by atoms with van der Waals surface area (Å²) in [5, 5.41) is 20.1. The molecule has 1 saturated carbocycles. The Morgan fingerprint density at radius 1 is 1.24 bits per heavy atom. The summed E-state index contributed by atoms with van der Waals surface area (Å²) in [6, 6.07) is 2.03. The quantitative estimate of drug-likeness (QED) is 0.757. The molecule has 2 aromatic heterocycles. The van der Waals surface area contributed by atoms with Gasteiger partial charge in [-0.3, -0.25) is 0 Å². The summed E-state index contributed by atoms with van der Waals surface area (Å²) in [7, 11) is 1.82. The largest absolute Gasteiger partial charge is 0.388 e. The molecule has 1 aliphatic rings. The Kier molecular flexibility index (Phi) is 4.26. The second-order valence-corrected chi connectivity index (χ2v) is 6.67. The van der Waals surface area contributed by atoms with Crippen LogP contribution in [-0.4, -0.2) is 34.3 Å². The van der Waals surface area contributed by atoms with Crippen LogP contribution in [0.2, 0.25) is 0 Å². The highest BCUT2D eigenvalue weighted by Gasteiger charge is 2.28. The number of aromatic nitrogens is 2. The number of fused-ring (bicyclic) bond motifs is 1. The van der Waals surface area contributed by atoms with Crippen molar-refractivity contribution in [2.75, 3.05) is 24.2 Å². The molecule has 0 unspecified atom stereocenters. The van der Waals surface area contributed by atoms with Gasteiger partial charge < -0.3 is 15.7 Å². The van der Waals surface area contributed by atoms with Gasteiger partial charge in [0.1, 0.15) is 10.6 Å². The lowest BCUT2D eigenvalue weighted by Crippen LogP contribution is -2.36. The molecule has 0 bridgehead atoms. The number of hydrogen-bond donors (Lipinski definition) is 3. The number of nitrogens with zero attached hydrogens (tertiary/aromatic N) is 2. The summed E-state index contributed by atoms with van der Waals surface area (Å²) < 4.78 is 0. The van der Waals surface area contributed by atoms with E-state index in [2.05, 4.69) is 20.6 Å². The van der Waals surface area contributed by atoms with Crippen molar-refractivity contribution in [3.05, 3.63) is 11.4 Å². The van der Waals surface area contributed by atoms with Crippen LogP contribution in [0.5, 0.6) is 0 Å². The second-order valence-electron chi connectivity index (χ2n) is 5.78. The Hall–Kier alpha value is -1.40. The molecule has 2 aromatic rings. The smallest absolute Gasteiger partial charge is 0.225 e. The Morgan fingerprint density at radius 2 is 2.00 bits per heavy atom. The van der Waals surface area contributed by atoms with Gasteiger partial charge in [0, 0.05) is 13.6 Å². The van der Waals surface area contributed by atoms with E-state index in [1.807, 2.05) is 18.5 Å².